The molecular weight excluding hydrogens is 324 g/mol. The third kappa shape index (κ3) is 3.48. The molecule has 2 aliphatic rings. The van der Waals surface area contributed by atoms with Crippen molar-refractivity contribution >= 4 is 28.8 Å². The molecule has 0 saturated carbocycles. The van der Waals surface area contributed by atoms with Crippen LogP contribution in [-0.4, -0.2) is 45.2 Å². The number of hydrogen-bond acceptors (Lipinski definition) is 4. The summed E-state index contributed by atoms with van der Waals surface area (Å²) < 4.78 is 0. The molecule has 0 bridgehead atoms. The summed E-state index contributed by atoms with van der Waals surface area (Å²) in [5.74, 6) is 0.101. The van der Waals surface area contributed by atoms with Gasteiger partial charge in [-0.1, -0.05) is 30.8 Å². The summed E-state index contributed by atoms with van der Waals surface area (Å²) in [5.41, 5.74) is 1.45. The Balaban J connectivity index is 1.76. The minimum absolute atomic E-state index is 0.0526. The van der Waals surface area contributed by atoms with Gasteiger partial charge in [0.25, 0.3) is 11.1 Å². The molecule has 0 aliphatic carbocycles. The van der Waals surface area contributed by atoms with Gasteiger partial charge >= 0.3 is 0 Å². The Hall–Kier alpha value is -1.82. The number of amides is 3. The standard InChI is InChI=1S/C18H22N2O3S/c1-2-15-8-3-4-9-19(15)17(22)14-7-5-6-13(10-14)11-20-16(21)12-24-18(20)23/h5-7,10,15H,2-4,8-9,11-12H2,1H3. The smallest absolute Gasteiger partial charge is 0.289 e. The highest BCUT2D eigenvalue weighted by atomic mass is 32.2. The van der Waals surface area contributed by atoms with E-state index in [0.717, 1.165) is 43.1 Å². The fraction of sp³-hybridized carbons (Fsp3) is 0.500. The molecule has 2 aliphatic heterocycles. The van der Waals surface area contributed by atoms with Crippen molar-refractivity contribution in [1.29, 1.82) is 0 Å². The third-order valence-corrected chi connectivity index (χ3v) is 5.57. The number of likely N-dealkylation sites (tertiary alicyclic amines) is 1. The van der Waals surface area contributed by atoms with Crippen molar-refractivity contribution in [3.8, 4) is 0 Å². The molecule has 1 aromatic rings. The highest BCUT2D eigenvalue weighted by Crippen LogP contribution is 2.24. The number of carbonyl (C=O) groups is 3. The van der Waals surface area contributed by atoms with Gasteiger partial charge in [0.05, 0.1) is 12.3 Å². The Kier molecular flexibility index (Phi) is 5.23. The van der Waals surface area contributed by atoms with Gasteiger partial charge in [0.15, 0.2) is 0 Å². The van der Waals surface area contributed by atoms with E-state index in [9.17, 15) is 14.4 Å². The van der Waals surface area contributed by atoms with Gasteiger partial charge in [0.1, 0.15) is 0 Å². The van der Waals surface area contributed by atoms with Gasteiger partial charge in [-0.2, -0.15) is 0 Å². The topological polar surface area (TPSA) is 57.7 Å². The van der Waals surface area contributed by atoms with Crippen LogP contribution in [0.5, 0.6) is 0 Å². The molecule has 1 unspecified atom stereocenters. The molecule has 0 aromatic heterocycles. The molecule has 6 heteroatoms. The van der Waals surface area contributed by atoms with E-state index in [1.165, 1.54) is 11.3 Å². The molecule has 3 amide bonds. The van der Waals surface area contributed by atoms with E-state index in [2.05, 4.69) is 6.92 Å². The number of hydrogen-bond donors (Lipinski definition) is 0. The molecule has 1 atom stereocenters. The summed E-state index contributed by atoms with van der Waals surface area (Å²) in [7, 11) is 0. The van der Waals surface area contributed by atoms with Gasteiger partial charge in [-0.25, -0.2) is 0 Å². The van der Waals surface area contributed by atoms with E-state index in [1.807, 2.05) is 29.2 Å². The summed E-state index contributed by atoms with van der Waals surface area (Å²) in [5, 5.41) is -0.209. The van der Waals surface area contributed by atoms with Gasteiger partial charge in [-0.05, 0) is 43.4 Å². The average Bonchev–Trinajstić information content (AvgIpc) is 2.93. The molecule has 2 heterocycles. The van der Waals surface area contributed by atoms with Crippen molar-refractivity contribution in [1.82, 2.24) is 9.80 Å². The maximum absolute atomic E-state index is 12.9. The van der Waals surface area contributed by atoms with Crippen molar-refractivity contribution in [2.45, 2.75) is 45.2 Å². The number of rotatable bonds is 4. The molecule has 0 N–H and O–H groups in total. The van der Waals surface area contributed by atoms with Gasteiger partial charge in [0.2, 0.25) is 5.91 Å². The SMILES string of the molecule is CCC1CCCCN1C(=O)c1cccc(CN2C(=O)CSC2=O)c1. The molecule has 5 nitrogen and oxygen atoms in total. The number of imide groups is 1. The monoisotopic (exact) mass is 346 g/mol. The lowest BCUT2D eigenvalue weighted by molar-refractivity contribution is -0.125. The molecule has 2 fully saturated rings. The minimum Gasteiger partial charge on any atom is -0.336 e. The van der Waals surface area contributed by atoms with Gasteiger partial charge in [-0.3, -0.25) is 19.3 Å². The van der Waals surface area contributed by atoms with Crippen LogP contribution in [0.25, 0.3) is 0 Å². The lowest BCUT2D eigenvalue weighted by atomic mass is 9.98. The minimum atomic E-state index is -0.209. The Labute approximate surface area is 146 Å². The van der Waals surface area contributed by atoms with Crippen LogP contribution < -0.4 is 0 Å². The van der Waals surface area contributed by atoms with Crippen LogP contribution in [0, 0.1) is 0 Å². The quantitative estimate of drug-likeness (QED) is 0.839. The molecule has 0 spiro atoms. The first-order valence-corrected chi connectivity index (χ1v) is 9.45. The average molecular weight is 346 g/mol. The predicted molar refractivity (Wildman–Crippen MR) is 93.8 cm³/mol. The van der Waals surface area contributed by atoms with Gasteiger partial charge in [0, 0.05) is 18.2 Å². The van der Waals surface area contributed by atoms with Crippen molar-refractivity contribution in [2.24, 2.45) is 0 Å². The number of thioether (sulfide) groups is 1. The van der Waals surface area contributed by atoms with Crippen LogP contribution in [0.2, 0.25) is 0 Å². The van der Waals surface area contributed by atoms with Gasteiger partial charge in [-0.15, -0.1) is 0 Å². The zero-order chi connectivity index (χ0) is 17.1. The predicted octanol–water partition coefficient (Wildman–Crippen LogP) is 3.29. The number of piperidine rings is 1. The zero-order valence-electron chi connectivity index (χ0n) is 13.9. The van der Waals surface area contributed by atoms with Gasteiger partial charge < -0.3 is 4.90 Å². The third-order valence-electron chi connectivity index (χ3n) is 4.71. The highest BCUT2D eigenvalue weighted by Gasteiger charge is 2.30. The van der Waals surface area contributed by atoms with E-state index < -0.39 is 0 Å². The summed E-state index contributed by atoms with van der Waals surface area (Å²) in [6.45, 7) is 3.17. The lowest BCUT2D eigenvalue weighted by Gasteiger charge is -2.35. The molecule has 24 heavy (non-hydrogen) atoms. The Morgan fingerprint density at radius 1 is 1.29 bits per heavy atom. The first kappa shape index (κ1) is 17.0. The lowest BCUT2D eigenvalue weighted by Crippen LogP contribution is -2.43. The number of benzene rings is 1. The fourth-order valence-corrected chi connectivity index (χ4v) is 4.10. The first-order valence-electron chi connectivity index (χ1n) is 8.47. The van der Waals surface area contributed by atoms with E-state index in [-0.39, 0.29) is 29.4 Å². The summed E-state index contributed by atoms with van der Waals surface area (Å²) in [6, 6.07) is 7.62. The van der Waals surface area contributed by atoms with Crippen LogP contribution in [0.4, 0.5) is 4.79 Å². The molecular formula is C18H22N2O3S. The maximum Gasteiger partial charge on any atom is 0.289 e. The summed E-state index contributed by atoms with van der Waals surface area (Å²) in [4.78, 5) is 39.6. The highest BCUT2D eigenvalue weighted by molar-refractivity contribution is 8.14. The Bertz CT molecular complexity index is 645. The zero-order valence-corrected chi connectivity index (χ0v) is 14.7. The second-order valence-corrected chi connectivity index (χ2v) is 7.22. The van der Waals surface area contributed by atoms with Crippen LogP contribution in [0.15, 0.2) is 24.3 Å². The fourth-order valence-electron chi connectivity index (χ4n) is 3.38. The van der Waals surface area contributed by atoms with Crippen LogP contribution in [0.1, 0.15) is 48.5 Å². The molecule has 1 aromatic carbocycles. The largest absolute Gasteiger partial charge is 0.336 e. The second kappa shape index (κ2) is 7.38. The second-order valence-electron chi connectivity index (χ2n) is 6.29. The Morgan fingerprint density at radius 3 is 2.83 bits per heavy atom. The van der Waals surface area contributed by atoms with Crippen LogP contribution in [-0.2, 0) is 11.3 Å². The van der Waals surface area contributed by atoms with Crippen molar-refractivity contribution in [3.05, 3.63) is 35.4 Å². The number of carbonyl (C=O) groups excluding carboxylic acids is 3. The van der Waals surface area contributed by atoms with E-state index >= 15 is 0 Å². The van der Waals surface area contributed by atoms with Crippen LogP contribution >= 0.6 is 11.8 Å². The van der Waals surface area contributed by atoms with E-state index in [4.69, 9.17) is 0 Å². The van der Waals surface area contributed by atoms with E-state index in [0.29, 0.717) is 11.6 Å². The van der Waals surface area contributed by atoms with Crippen molar-refractivity contribution < 1.29 is 14.4 Å². The van der Waals surface area contributed by atoms with Crippen molar-refractivity contribution in [3.63, 3.8) is 0 Å². The maximum atomic E-state index is 12.9. The molecule has 0 radical (unpaired) electrons. The number of nitrogens with zero attached hydrogens (tertiary/aromatic N) is 2. The van der Waals surface area contributed by atoms with Crippen molar-refractivity contribution in [2.75, 3.05) is 12.3 Å². The summed E-state index contributed by atoms with van der Waals surface area (Å²) in [6.07, 6.45) is 4.27. The normalized spacial score (nSPS) is 21.5. The first-order chi connectivity index (χ1) is 11.6. The summed E-state index contributed by atoms with van der Waals surface area (Å²) >= 11 is 1.03. The molecule has 128 valence electrons. The Morgan fingerprint density at radius 2 is 2.12 bits per heavy atom. The molecule has 3 rings (SSSR count). The van der Waals surface area contributed by atoms with E-state index in [1.54, 1.807) is 0 Å². The van der Waals surface area contributed by atoms with Crippen LogP contribution in [0.3, 0.4) is 0 Å². The molecule has 2 saturated heterocycles.